The molecule has 1 saturated heterocycles. The summed E-state index contributed by atoms with van der Waals surface area (Å²) in [5, 5.41) is 3.93. The first kappa shape index (κ1) is 14.8. The van der Waals surface area contributed by atoms with Crippen molar-refractivity contribution < 1.29 is 14.0 Å². The second-order valence-corrected chi connectivity index (χ2v) is 5.37. The number of methoxy groups -OCH3 is 1. The Morgan fingerprint density at radius 1 is 1.41 bits per heavy atom. The van der Waals surface area contributed by atoms with Gasteiger partial charge in [-0.2, -0.15) is 4.98 Å². The van der Waals surface area contributed by atoms with Crippen LogP contribution < -0.4 is 15.2 Å². The lowest BCUT2D eigenvalue weighted by Gasteiger charge is -2.16. The van der Waals surface area contributed by atoms with Crippen LogP contribution >= 0.6 is 0 Å². The first-order valence-corrected chi connectivity index (χ1v) is 7.26. The van der Waals surface area contributed by atoms with Gasteiger partial charge < -0.3 is 24.6 Å². The fourth-order valence-electron chi connectivity index (χ4n) is 2.53. The number of hydrogen-bond donors (Lipinski definition) is 1. The third-order valence-corrected chi connectivity index (χ3v) is 3.71. The Bertz CT molecular complexity index is 643. The van der Waals surface area contributed by atoms with E-state index in [4.69, 9.17) is 19.7 Å². The van der Waals surface area contributed by atoms with E-state index in [9.17, 15) is 0 Å². The van der Waals surface area contributed by atoms with Crippen molar-refractivity contribution in [1.29, 1.82) is 0 Å². The highest BCUT2D eigenvalue weighted by Crippen LogP contribution is 2.33. The van der Waals surface area contributed by atoms with Gasteiger partial charge in [-0.3, -0.25) is 0 Å². The summed E-state index contributed by atoms with van der Waals surface area (Å²) in [6, 6.07) is 5.60. The summed E-state index contributed by atoms with van der Waals surface area (Å²) in [5.74, 6) is 2.29. The van der Waals surface area contributed by atoms with Crippen LogP contribution in [0.1, 0.15) is 12.3 Å². The monoisotopic (exact) mass is 304 g/mol. The van der Waals surface area contributed by atoms with Crippen molar-refractivity contribution in [3.8, 4) is 22.9 Å². The number of hydrogen-bond acceptors (Lipinski definition) is 7. The molecule has 7 heteroatoms. The number of likely N-dealkylation sites (tertiary alicyclic amines) is 1. The molecule has 1 unspecified atom stereocenters. The lowest BCUT2D eigenvalue weighted by atomic mass is 10.2. The number of rotatable bonds is 5. The van der Waals surface area contributed by atoms with Crippen molar-refractivity contribution in [2.75, 3.05) is 27.2 Å². The zero-order chi connectivity index (χ0) is 15.5. The summed E-state index contributed by atoms with van der Waals surface area (Å²) in [7, 11) is 3.72. The highest BCUT2D eigenvalue weighted by molar-refractivity contribution is 5.60. The lowest BCUT2D eigenvalue weighted by molar-refractivity contribution is 0.199. The molecule has 1 fully saturated rings. The van der Waals surface area contributed by atoms with Crippen LogP contribution in [0.2, 0.25) is 0 Å². The second kappa shape index (κ2) is 6.33. The number of benzene rings is 1. The highest BCUT2D eigenvalue weighted by atomic mass is 16.5. The molecule has 0 saturated carbocycles. The van der Waals surface area contributed by atoms with E-state index < -0.39 is 0 Å². The number of aromatic nitrogens is 2. The molecular weight excluding hydrogens is 284 g/mol. The number of ether oxygens (including phenoxy) is 2. The first-order valence-electron chi connectivity index (χ1n) is 7.26. The standard InChI is InChI=1S/C15H20N4O3/c1-19-6-5-11(9-19)21-13-7-10(3-4-12(13)20-2)15-17-14(8-16)22-18-15/h3-4,7,11H,5-6,8-9,16H2,1-2H3. The van der Waals surface area contributed by atoms with Gasteiger partial charge in [-0.1, -0.05) is 5.16 Å². The largest absolute Gasteiger partial charge is 0.493 e. The van der Waals surface area contributed by atoms with E-state index >= 15 is 0 Å². The Hall–Kier alpha value is -2.12. The minimum Gasteiger partial charge on any atom is -0.493 e. The predicted octanol–water partition coefficient (Wildman–Crippen LogP) is 1.29. The molecule has 3 rings (SSSR count). The maximum absolute atomic E-state index is 6.09. The van der Waals surface area contributed by atoms with Gasteiger partial charge in [0, 0.05) is 18.7 Å². The molecular formula is C15H20N4O3. The normalized spacial score (nSPS) is 18.6. The summed E-state index contributed by atoms with van der Waals surface area (Å²) in [6.07, 6.45) is 1.17. The van der Waals surface area contributed by atoms with Crippen LogP contribution in [0.5, 0.6) is 11.5 Å². The van der Waals surface area contributed by atoms with Crippen molar-refractivity contribution in [3.63, 3.8) is 0 Å². The Kier molecular flexibility index (Phi) is 4.26. The van der Waals surface area contributed by atoms with E-state index in [1.807, 2.05) is 18.2 Å². The molecule has 22 heavy (non-hydrogen) atoms. The van der Waals surface area contributed by atoms with Crippen molar-refractivity contribution in [1.82, 2.24) is 15.0 Å². The lowest BCUT2D eigenvalue weighted by Crippen LogP contribution is -2.21. The van der Waals surface area contributed by atoms with Crippen molar-refractivity contribution in [2.24, 2.45) is 5.73 Å². The van der Waals surface area contributed by atoms with Gasteiger partial charge >= 0.3 is 0 Å². The molecule has 0 bridgehead atoms. The molecule has 1 aliphatic heterocycles. The third-order valence-electron chi connectivity index (χ3n) is 3.71. The van der Waals surface area contributed by atoms with Crippen LogP contribution in [0.4, 0.5) is 0 Å². The Labute approximate surface area is 129 Å². The Morgan fingerprint density at radius 3 is 2.91 bits per heavy atom. The molecule has 1 aliphatic rings. The zero-order valence-corrected chi connectivity index (χ0v) is 12.8. The predicted molar refractivity (Wildman–Crippen MR) is 80.7 cm³/mol. The summed E-state index contributed by atoms with van der Waals surface area (Å²) in [4.78, 5) is 6.48. The van der Waals surface area contributed by atoms with Gasteiger partial charge in [-0.25, -0.2) is 0 Å². The SMILES string of the molecule is COc1ccc(-c2noc(CN)n2)cc1OC1CCN(C)C1. The molecule has 1 aromatic carbocycles. The summed E-state index contributed by atoms with van der Waals surface area (Å²) < 4.78 is 16.5. The molecule has 0 amide bonds. The number of likely N-dealkylation sites (N-methyl/N-ethyl adjacent to an activating group) is 1. The van der Waals surface area contributed by atoms with Crippen LogP contribution in [0, 0.1) is 0 Å². The van der Waals surface area contributed by atoms with Gasteiger partial charge in [0.1, 0.15) is 6.10 Å². The number of nitrogens with two attached hydrogens (primary N) is 1. The van der Waals surface area contributed by atoms with Gasteiger partial charge in [0.25, 0.3) is 0 Å². The molecule has 118 valence electrons. The van der Waals surface area contributed by atoms with Gasteiger partial charge in [0.05, 0.1) is 13.7 Å². The van der Waals surface area contributed by atoms with Gasteiger partial charge in [0.2, 0.25) is 11.7 Å². The molecule has 2 aromatic rings. The molecule has 1 atom stereocenters. The van der Waals surface area contributed by atoms with Gasteiger partial charge in [0.15, 0.2) is 11.5 Å². The molecule has 0 spiro atoms. The average molecular weight is 304 g/mol. The molecule has 0 radical (unpaired) electrons. The summed E-state index contributed by atoms with van der Waals surface area (Å²) >= 11 is 0. The van der Waals surface area contributed by atoms with Crippen LogP contribution in [0.3, 0.4) is 0 Å². The van der Waals surface area contributed by atoms with E-state index in [0.717, 1.165) is 25.1 Å². The smallest absolute Gasteiger partial charge is 0.240 e. The van der Waals surface area contributed by atoms with Crippen LogP contribution in [0.25, 0.3) is 11.4 Å². The minimum atomic E-state index is 0.166. The van der Waals surface area contributed by atoms with Crippen molar-refractivity contribution in [2.45, 2.75) is 19.1 Å². The molecule has 0 aliphatic carbocycles. The third kappa shape index (κ3) is 3.05. The van der Waals surface area contributed by atoms with E-state index in [1.165, 1.54) is 0 Å². The van der Waals surface area contributed by atoms with E-state index in [0.29, 0.717) is 23.2 Å². The Balaban J connectivity index is 1.85. The molecule has 2 N–H and O–H groups in total. The molecule has 2 heterocycles. The van der Waals surface area contributed by atoms with E-state index in [1.54, 1.807) is 7.11 Å². The van der Waals surface area contributed by atoms with Crippen molar-refractivity contribution >= 4 is 0 Å². The van der Waals surface area contributed by atoms with Crippen molar-refractivity contribution in [3.05, 3.63) is 24.1 Å². The van der Waals surface area contributed by atoms with Gasteiger partial charge in [-0.15, -0.1) is 0 Å². The van der Waals surface area contributed by atoms with Crippen LogP contribution in [-0.4, -0.2) is 48.4 Å². The zero-order valence-electron chi connectivity index (χ0n) is 12.8. The average Bonchev–Trinajstić information content (AvgIpc) is 3.16. The number of nitrogens with zero attached hydrogens (tertiary/aromatic N) is 3. The maximum atomic E-state index is 6.09. The van der Waals surface area contributed by atoms with Crippen LogP contribution in [-0.2, 0) is 6.54 Å². The topological polar surface area (TPSA) is 86.6 Å². The first-order chi connectivity index (χ1) is 10.7. The molecule has 7 nitrogen and oxygen atoms in total. The fourth-order valence-corrected chi connectivity index (χ4v) is 2.53. The van der Waals surface area contributed by atoms with Gasteiger partial charge in [-0.05, 0) is 31.7 Å². The Morgan fingerprint density at radius 2 is 2.27 bits per heavy atom. The summed E-state index contributed by atoms with van der Waals surface area (Å²) in [5.41, 5.74) is 6.30. The van der Waals surface area contributed by atoms with Crippen LogP contribution in [0.15, 0.2) is 22.7 Å². The maximum Gasteiger partial charge on any atom is 0.240 e. The fraction of sp³-hybridized carbons (Fsp3) is 0.467. The quantitative estimate of drug-likeness (QED) is 0.890. The molecule has 1 aromatic heterocycles. The minimum absolute atomic E-state index is 0.166. The van der Waals surface area contributed by atoms with E-state index in [-0.39, 0.29) is 12.6 Å². The van der Waals surface area contributed by atoms with E-state index in [2.05, 4.69) is 22.1 Å². The highest BCUT2D eigenvalue weighted by Gasteiger charge is 2.22. The summed E-state index contributed by atoms with van der Waals surface area (Å²) in [6.45, 7) is 2.17. The second-order valence-electron chi connectivity index (χ2n) is 5.37.